The Morgan fingerprint density at radius 2 is 1.64 bits per heavy atom. The van der Waals surface area contributed by atoms with Crippen LogP contribution in [0, 0.1) is 0 Å². The Morgan fingerprint density at radius 1 is 1.00 bits per heavy atom. The molecule has 0 saturated heterocycles. The number of benzene rings is 2. The molecule has 1 atom stereocenters. The summed E-state index contributed by atoms with van der Waals surface area (Å²) < 4.78 is 26.8. The maximum Gasteiger partial charge on any atom is 0.244 e. The molecule has 0 aromatic heterocycles. The molecule has 7 nitrogen and oxygen atoms in total. The molecule has 10 heteroatoms. The second-order valence-electron chi connectivity index (χ2n) is 9.34. The van der Waals surface area contributed by atoms with E-state index in [1.54, 1.807) is 30.3 Å². The highest BCUT2D eigenvalue weighted by molar-refractivity contribution is 7.92. The lowest BCUT2D eigenvalue weighted by atomic mass is 10.0. The SMILES string of the molecule is CC[C@H](C(=O)NC(C)C)N(Cc1ccc(Cl)c(Cl)c1)C(=O)CN(c1ccccc1C(C)C)S(C)(=O)=O. The van der Waals surface area contributed by atoms with Gasteiger partial charge in [0.25, 0.3) is 0 Å². The number of hydrogen-bond donors (Lipinski definition) is 1. The standard InChI is InChI=1S/C26H35Cl2N3O4S/c1-7-23(26(33)29-18(4)5)30(15-19-12-13-21(27)22(28)14-19)25(32)16-31(36(6,34)35)24-11-9-8-10-20(24)17(2)3/h8-14,17-18,23H,7,15-16H2,1-6H3,(H,29,33)/t23-/m1/s1. The Bertz CT molecular complexity index is 1190. The van der Waals surface area contributed by atoms with E-state index in [-0.39, 0.29) is 24.4 Å². The zero-order valence-corrected chi connectivity index (χ0v) is 23.9. The molecule has 0 radical (unpaired) electrons. The van der Waals surface area contributed by atoms with Gasteiger partial charge in [0.2, 0.25) is 21.8 Å². The molecule has 0 bridgehead atoms. The molecule has 2 rings (SSSR count). The maximum absolute atomic E-state index is 13.8. The molecule has 0 unspecified atom stereocenters. The van der Waals surface area contributed by atoms with Gasteiger partial charge in [-0.1, -0.05) is 68.2 Å². The molecule has 0 saturated carbocycles. The second kappa shape index (κ2) is 12.8. The van der Waals surface area contributed by atoms with Crippen molar-refractivity contribution in [2.45, 2.75) is 65.6 Å². The van der Waals surface area contributed by atoms with Crippen LogP contribution in [0.2, 0.25) is 10.0 Å². The minimum Gasteiger partial charge on any atom is -0.352 e. The van der Waals surface area contributed by atoms with E-state index in [1.807, 2.05) is 46.8 Å². The van der Waals surface area contributed by atoms with Crippen molar-refractivity contribution in [3.8, 4) is 0 Å². The average Bonchev–Trinajstić information content (AvgIpc) is 2.78. The van der Waals surface area contributed by atoms with E-state index in [4.69, 9.17) is 23.2 Å². The molecule has 0 spiro atoms. The van der Waals surface area contributed by atoms with Crippen LogP contribution in [0.5, 0.6) is 0 Å². The van der Waals surface area contributed by atoms with Crippen LogP contribution < -0.4 is 9.62 Å². The summed E-state index contributed by atoms with van der Waals surface area (Å²) in [6.07, 6.45) is 1.41. The van der Waals surface area contributed by atoms with Gasteiger partial charge in [-0.25, -0.2) is 8.42 Å². The summed E-state index contributed by atoms with van der Waals surface area (Å²) in [5, 5.41) is 3.56. The van der Waals surface area contributed by atoms with Crippen LogP contribution in [0.25, 0.3) is 0 Å². The molecule has 0 fully saturated rings. The summed E-state index contributed by atoms with van der Waals surface area (Å²) in [6, 6.07) is 11.2. The first-order valence-electron chi connectivity index (χ1n) is 11.9. The molecular formula is C26H35Cl2N3O4S. The Hall–Kier alpha value is -2.29. The third kappa shape index (κ3) is 7.85. The monoisotopic (exact) mass is 555 g/mol. The molecule has 2 aromatic carbocycles. The lowest BCUT2D eigenvalue weighted by Gasteiger charge is -2.34. The maximum atomic E-state index is 13.8. The second-order valence-corrected chi connectivity index (χ2v) is 12.1. The zero-order chi connectivity index (χ0) is 27.2. The number of hydrogen-bond acceptors (Lipinski definition) is 4. The van der Waals surface area contributed by atoms with Crippen LogP contribution in [-0.4, -0.2) is 50.0 Å². The van der Waals surface area contributed by atoms with E-state index in [9.17, 15) is 18.0 Å². The van der Waals surface area contributed by atoms with Crippen LogP contribution in [0.4, 0.5) is 5.69 Å². The number of para-hydroxylation sites is 1. The van der Waals surface area contributed by atoms with E-state index in [1.165, 1.54) is 4.90 Å². The number of sulfonamides is 1. The van der Waals surface area contributed by atoms with Gasteiger partial charge in [0.05, 0.1) is 22.0 Å². The van der Waals surface area contributed by atoms with Crippen molar-refractivity contribution in [1.29, 1.82) is 0 Å². The molecule has 0 heterocycles. The Kier molecular flexibility index (Phi) is 10.6. The minimum absolute atomic E-state index is 0.0353. The van der Waals surface area contributed by atoms with Gasteiger partial charge in [0, 0.05) is 12.6 Å². The largest absolute Gasteiger partial charge is 0.352 e. The van der Waals surface area contributed by atoms with E-state index in [0.717, 1.165) is 16.1 Å². The van der Waals surface area contributed by atoms with Crippen LogP contribution in [0.1, 0.15) is 58.1 Å². The number of nitrogens with zero attached hydrogens (tertiary/aromatic N) is 2. The fourth-order valence-corrected chi connectivity index (χ4v) is 5.12. The number of halogens is 2. The molecule has 2 amide bonds. The number of nitrogens with one attached hydrogen (secondary N) is 1. The van der Waals surface area contributed by atoms with Gasteiger partial charge in [0.1, 0.15) is 12.6 Å². The fourth-order valence-electron chi connectivity index (χ4n) is 3.93. The number of anilines is 1. The van der Waals surface area contributed by atoms with Gasteiger partial charge in [0.15, 0.2) is 0 Å². The van der Waals surface area contributed by atoms with E-state index >= 15 is 0 Å². The first-order chi connectivity index (χ1) is 16.8. The number of amides is 2. The zero-order valence-electron chi connectivity index (χ0n) is 21.6. The van der Waals surface area contributed by atoms with E-state index in [0.29, 0.717) is 27.7 Å². The summed E-state index contributed by atoms with van der Waals surface area (Å²) in [5.74, 6) is -0.779. The fraction of sp³-hybridized carbons (Fsp3) is 0.462. The molecule has 36 heavy (non-hydrogen) atoms. The number of rotatable bonds is 11. The van der Waals surface area contributed by atoms with Crippen LogP contribution in [0.15, 0.2) is 42.5 Å². The van der Waals surface area contributed by atoms with Gasteiger partial charge in [-0.05, 0) is 55.5 Å². The quantitative estimate of drug-likeness (QED) is 0.412. The Morgan fingerprint density at radius 3 is 2.17 bits per heavy atom. The van der Waals surface area contributed by atoms with Gasteiger partial charge < -0.3 is 10.2 Å². The predicted molar refractivity (Wildman–Crippen MR) is 147 cm³/mol. The first kappa shape index (κ1) is 29.9. The molecule has 1 N–H and O–H groups in total. The summed E-state index contributed by atoms with van der Waals surface area (Å²) in [4.78, 5) is 28.2. The van der Waals surface area contributed by atoms with Crippen molar-refractivity contribution in [3.05, 3.63) is 63.6 Å². The highest BCUT2D eigenvalue weighted by Gasteiger charge is 2.32. The number of carbonyl (C=O) groups is 2. The predicted octanol–water partition coefficient (Wildman–Crippen LogP) is 5.21. The molecule has 198 valence electrons. The summed E-state index contributed by atoms with van der Waals surface area (Å²) >= 11 is 12.2. The van der Waals surface area contributed by atoms with Crippen molar-refractivity contribution < 1.29 is 18.0 Å². The summed E-state index contributed by atoms with van der Waals surface area (Å²) in [5.41, 5.74) is 1.91. The van der Waals surface area contributed by atoms with Gasteiger partial charge in [-0.2, -0.15) is 0 Å². The van der Waals surface area contributed by atoms with Gasteiger partial charge >= 0.3 is 0 Å². The molecule has 0 aliphatic heterocycles. The highest BCUT2D eigenvalue weighted by Crippen LogP contribution is 2.30. The van der Waals surface area contributed by atoms with E-state index < -0.39 is 28.5 Å². The van der Waals surface area contributed by atoms with Crippen molar-refractivity contribution in [1.82, 2.24) is 10.2 Å². The van der Waals surface area contributed by atoms with Crippen molar-refractivity contribution >= 4 is 50.7 Å². The van der Waals surface area contributed by atoms with Crippen molar-refractivity contribution in [2.75, 3.05) is 17.1 Å². The van der Waals surface area contributed by atoms with Gasteiger partial charge in [-0.3, -0.25) is 13.9 Å². The Labute approximate surface area is 224 Å². The average molecular weight is 557 g/mol. The van der Waals surface area contributed by atoms with Crippen LogP contribution in [0.3, 0.4) is 0 Å². The summed E-state index contributed by atoms with van der Waals surface area (Å²) in [6.45, 7) is 9.01. The van der Waals surface area contributed by atoms with Crippen molar-refractivity contribution in [3.63, 3.8) is 0 Å². The smallest absolute Gasteiger partial charge is 0.244 e. The summed E-state index contributed by atoms with van der Waals surface area (Å²) in [7, 11) is -3.81. The third-order valence-corrected chi connectivity index (χ3v) is 7.53. The van der Waals surface area contributed by atoms with Crippen molar-refractivity contribution in [2.24, 2.45) is 0 Å². The lowest BCUT2D eigenvalue weighted by molar-refractivity contribution is -0.140. The number of carbonyl (C=O) groups excluding carboxylic acids is 2. The molecule has 0 aliphatic carbocycles. The lowest BCUT2D eigenvalue weighted by Crippen LogP contribution is -2.53. The third-order valence-electron chi connectivity index (χ3n) is 5.66. The van der Waals surface area contributed by atoms with E-state index in [2.05, 4.69) is 5.32 Å². The Balaban J connectivity index is 2.53. The molecular weight excluding hydrogens is 521 g/mol. The first-order valence-corrected chi connectivity index (χ1v) is 14.5. The highest BCUT2D eigenvalue weighted by atomic mass is 35.5. The topological polar surface area (TPSA) is 86.8 Å². The minimum atomic E-state index is -3.81. The normalized spacial score (nSPS) is 12.5. The molecule has 0 aliphatic rings. The van der Waals surface area contributed by atoms with Crippen LogP contribution >= 0.6 is 23.2 Å². The van der Waals surface area contributed by atoms with Crippen LogP contribution in [-0.2, 0) is 26.2 Å². The molecule has 2 aromatic rings. The van der Waals surface area contributed by atoms with Gasteiger partial charge in [-0.15, -0.1) is 0 Å².